The third-order valence-corrected chi connectivity index (χ3v) is 3.01. The second-order valence-electron chi connectivity index (χ2n) is 5.07. The number of aromatic nitrogens is 1. The second kappa shape index (κ2) is 6.57. The van der Waals surface area contributed by atoms with Gasteiger partial charge in [0.15, 0.2) is 5.76 Å². The Morgan fingerprint density at radius 1 is 1.35 bits per heavy atom. The predicted molar refractivity (Wildman–Crippen MR) is 77.7 cm³/mol. The molecule has 1 heterocycles. The van der Waals surface area contributed by atoms with Gasteiger partial charge in [-0.3, -0.25) is 4.79 Å². The number of amides is 1. The molecule has 0 bridgehead atoms. The molecule has 1 N–H and O–H groups in total. The molecule has 0 atom stereocenters. The maximum absolute atomic E-state index is 11.9. The number of benzene rings is 1. The lowest BCUT2D eigenvalue weighted by molar-refractivity contribution is 0.0947. The van der Waals surface area contributed by atoms with E-state index in [2.05, 4.69) is 24.3 Å². The van der Waals surface area contributed by atoms with Gasteiger partial charge < -0.3 is 9.84 Å². The van der Waals surface area contributed by atoms with E-state index in [1.54, 1.807) is 24.3 Å². The summed E-state index contributed by atoms with van der Waals surface area (Å²) in [5.74, 6) is 1.02. The van der Waals surface area contributed by atoms with Crippen LogP contribution in [0.1, 0.15) is 35.7 Å². The third kappa shape index (κ3) is 4.10. The summed E-state index contributed by atoms with van der Waals surface area (Å²) in [6.45, 7) is 4.57. The van der Waals surface area contributed by atoms with Crippen LogP contribution in [0, 0.1) is 5.92 Å². The number of carbonyl (C=O) groups is 1. The van der Waals surface area contributed by atoms with Gasteiger partial charge in [-0.2, -0.15) is 0 Å². The highest BCUT2D eigenvalue weighted by molar-refractivity contribution is 6.30. The Balaban J connectivity index is 1.90. The van der Waals surface area contributed by atoms with Gasteiger partial charge in [0.05, 0.1) is 12.2 Å². The molecule has 20 heavy (non-hydrogen) atoms. The first-order valence-corrected chi connectivity index (χ1v) is 6.90. The number of nitrogens with one attached hydrogen (secondary N) is 1. The number of nitrogens with zero attached hydrogens (tertiary/aromatic N) is 1. The molecule has 2 aromatic rings. The number of carbonyl (C=O) groups excluding carboxylic acids is 1. The van der Waals surface area contributed by atoms with Crippen molar-refractivity contribution < 1.29 is 9.32 Å². The lowest BCUT2D eigenvalue weighted by Crippen LogP contribution is -2.22. The van der Waals surface area contributed by atoms with Crippen molar-refractivity contribution >= 4 is 17.5 Å². The predicted octanol–water partition coefficient (Wildman–Crippen LogP) is 3.46. The summed E-state index contributed by atoms with van der Waals surface area (Å²) in [6, 6.07) is 8.62. The van der Waals surface area contributed by atoms with Gasteiger partial charge in [0.25, 0.3) is 5.91 Å². The molecule has 0 saturated carbocycles. The summed E-state index contributed by atoms with van der Waals surface area (Å²) in [4.78, 5) is 11.9. The minimum Gasteiger partial charge on any atom is -0.359 e. The van der Waals surface area contributed by atoms with Crippen LogP contribution in [0.3, 0.4) is 0 Å². The molecule has 0 fully saturated rings. The summed E-state index contributed by atoms with van der Waals surface area (Å²) in [7, 11) is 0. The van der Waals surface area contributed by atoms with Crippen LogP contribution in [-0.2, 0) is 13.0 Å². The van der Waals surface area contributed by atoms with E-state index in [4.69, 9.17) is 16.1 Å². The van der Waals surface area contributed by atoms with Gasteiger partial charge >= 0.3 is 0 Å². The van der Waals surface area contributed by atoms with E-state index in [0.717, 1.165) is 12.1 Å². The Kier molecular flexibility index (Phi) is 4.79. The SMILES string of the molecule is CC(C)Cc1cc(CNC(=O)c2ccc(Cl)cc2)on1. The number of hydrogen-bond donors (Lipinski definition) is 1. The molecule has 2 rings (SSSR count). The maximum Gasteiger partial charge on any atom is 0.251 e. The molecular weight excluding hydrogens is 276 g/mol. The zero-order chi connectivity index (χ0) is 14.5. The van der Waals surface area contributed by atoms with Gasteiger partial charge in [-0.25, -0.2) is 0 Å². The number of hydrogen-bond acceptors (Lipinski definition) is 3. The van der Waals surface area contributed by atoms with Crippen molar-refractivity contribution in [2.24, 2.45) is 5.92 Å². The minimum absolute atomic E-state index is 0.163. The number of rotatable bonds is 5. The van der Waals surface area contributed by atoms with Gasteiger partial charge in [0.2, 0.25) is 0 Å². The summed E-state index contributed by atoms with van der Waals surface area (Å²) in [5, 5.41) is 7.37. The molecule has 106 valence electrons. The van der Waals surface area contributed by atoms with Gasteiger partial charge in [0.1, 0.15) is 0 Å². The van der Waals surface area contributed by atoms with E-state index in [1.165, 1.54) is 0 Å². The topological polar surface area (TPSA) is 55.1 Å². The van der Waals surface area contributed by atoms with E-state index >= 15 is 0 Å². The standard InChI is InChI=1S/C15H17ClN2O2/c1-10(2)7-13-8-14(20-18-13)9-17-15(19)11-3-5-12(16)6-4-11/h3-6,8,10H,7,9H2,1-2H3,(H,17,19). The van der Waals surface area contributed by atoms with Gasteiger partial charge in [0, 0.05) is 16.7 Å². The van der Waals surface area contributed by atoms with E-state index in [9.17, 15) is 4.79 Å². The van der Waals surface area contributed by atoms with Crippen LogP contribution in [0.25, 0.3) is 0 Å². The Morgan fingerprint density at radius 3 is 2.70 bits per heavy atom. The lowest BCUT2D eigenvalue weighted by atomic mass is 10.1. The van der Waals surface area contributed by atoms with Crippen LogP contribution in [0.5, 0.6) is 0 Å². The van der Waals surface area contributed by atoms with Crippen LogP contribution < -0.4 is 5.32 Å². The fourth-order valence-electron chi connectivity index (χ4n) is 1.82. The minimum atomic E-state index is -0.163. The van der Waals surface area contributed by atoms with Gasteiger partial charge in [-0.1, -0.05) is 30.6 Å². The maximum atomic E-state index is 11.9. The molecule has 0 aliphatic rings. The molecule has 5 heteroatoms. The fourth-order valence-corrected chi connectivity index (χ4v) is 1.95. The monoisotopic (exact) mass is 292 g/mol. The van der Waals surface area contributed by atoms with Crippen LogP contribution in [0.15, 0.2) is 34.9 Å². The average molecular weight is 293 g/mol. The number of halogens is 1. The van der Waals surface area contributed by atoms with Crippen LogP contribution in [-0.4, -0.2) is 11.1 Å². The summed E-state index contributed by atoms with van der Waals surface area (Å²) < 4.78 is 5.19. The molecule has 1 aromatic carbocycles. The summed E-state index contributed by atoms with van der Waals surface area (Å²) in [6.07, 6.45) is 0.870. The van der Waals surface area contributed by atoms with Crippen LogP contribution in [0.4, 0.5) is 0 Å². The molecule has 0 spiro atoms. The Labute approximate surface area is 123 Å². The zero-order valence-electron chi connectivity index (χ0n) is 11.5. The van der Waals surface area contributed by atoms with E-state index in [0.29, 0.717) is 28.8 Å². The Morgan fingerprint density at radius 2 is 2.05 bits per heavy atom. The molecule has 0 aliphatic carbocycles. The summed E-state index contributed by atoms with van der Waals surface area (Å²) >= 11 is 5.78. The molecule has 1 amide bonds. The largest absolute Gasteiger partial charge is 0.359 e. The van der Waals surface area contributed by atoms with Gasteiger partial charge in [-0.15, -0.1) is 0 Å². The van der Waals surface area contributed by atoms with E-state index < -0.39 is 0 Å². The quantitative estimate of drug-likeness (QED) is 0.918. The molecule has 0 unspecified atom stereocenters. The van der Waals surface area contributed by atoms with Crippen molar-refractivity contribution in [1.29, 1.82) is 0 Å². The third-order valence-electron chi connectivity index (χ3n) is 2.75. The lowest BCUT2D eigenvalue weighted by Gasteiger charge is -2.02. The van der Waals surface area contributed by atoms with Crippen molar-refractivity contribution in [2.45, 2.75) is 26.8 Å². The second-order valence-corrected chi connectivity index (χ2v) is 5.51. The average Bonchev–Trinajstić information content (AvgIpc) is 2.83. The zero-order valence-corrected chi connectivity index (χ0v) is 12.3. The molecular formula is C15H17ClN2O2. The highest BCUT2D eigenvalue weighted by atomic mass is 35.5. The summed E-state index contributed by atoms with van der Waals surface area (Å²) in [5.41, 5.74) is 1.48. The van der Waals surface area contributed by atoms with Crippen molar-refractivity contribution in [3.8, 4) is 0 Å². The highest BCUT2D eigenvalue weighted by Crippen LogP contribution is 2.11. The van der Waals surface area contributed by atoms with E-state index in [1.807, 2.05) is 6.07 Å². The van der Waals surface area contributed by atoms with Gasteiger partial charge in [-0.05, 0) is 36.6 Å². The van der Waals surface area contributed by atoms with Crippen molar-refractivity contribution in [1.82, 2.24) is 10.5 Å². The first-order chi connectivity index (χ1) is 9.54. The van der Waals surface area contributed by atoms with Crippen LogP contribution >= 0.6 is 11.6 Å². The van der Waals surface area contributed by atoms with E-state index in [-0.39, 0.29) is 5.91 Å². The normalized spacial score (nSPS) is 10.8. The molecule has 0 saturated heterocycles. The van der Waals surface area contributed by atoms with Crippen LogP contribution in [0.2, 0.25) is 5.02 Å². The first-order valence-electron chi connectivity index (χ1n) is 6.53. The molecule has 1 aromatic heterocycles. The molecule has 0 radical (unpaired) electrons. The van der Waals surface area contributed by atoms with Crippen molar-refractivity contribution in [2.75, 3.05) is 0 Å². The first kappa shape index (κ1) is 14.6. The highest BCUT2D eigenvalue weighted by Gasteiger charge is 2.09. The smallest absolute Gasteiger partial charge is 0.251 e. The fraction of sp³-hybridized carbons (Fsp3) is 0.333. The molecule has 4 nitrogen and oxygen atoms in total. The Bertz CT molecular complexity index is 576. The van der Waals surface area contributed by atoms with Crippen molar-refractivity contribution in [3.05, 3.63) is 52.4 Å². The molecule has 0 aliphatic heterocycles. The Hall–Kier alpha value is -1.81. The van der Waals surface area contributed by atoms with Crippen molar-refractivity contribution in [3.63, 3.8) is 0 Å².